The Morgan fingerprint density at radius 2 is 2.00 bits per heavy atom. The fourth-order valence-corrected chi connectivity index (χ4v) is 2.83. The molecule has 0 unspecified atom stereocenters. The summed E-state index contributed by atoms with van der Waals surface area (Å²) < 4.78 is 17.0. The minimum absolute atomic E-state index is 0.190. The second kappa shape index (κ2) is 6.87. The molecule has 2 aromatic heterocycles. The van der Waals surface area contributed by atoms with Gasteiger partial charge in [0.1, 0.15) is 11.4 Å². The third-order valence-electron chi connectivity index (χ3n) is 4.67. The fraction of sp³-hybridized carbons (Fsp3) is 0.632. The van der Waals surface area contributed by atoms with Gasteiger partial charge in [-0.1, -0.05) is 25.9 Å². The van der Waals surface area contributed by atoms with Gasteiger partial charge in [0.15, 0.2) is 0 Å². The molecule has 1 aliphatic heterocycles. The summed E-state index contributed by atoms with van der Waals surface area (Å²) >= 11 is 0. The van der Waals surface area contributed by atoms with Gasteiger partial charge in [-0.15, -0.1) is 0 Å². The first-order valence-corrected chi connectivity index (χ1v) is 9.31. The molecule has 1 saturated carbocycles. The molecule has 0 radical (unpaired) electrons. The van der Waals surface area contributed by atoms with Crippen molar-refractivity contribution in [3.05, 3.63) is 18.2 Å². The van der Waals surface area contributed by atoms with E-state index in [-0.39, 0.29) is 5.41 Å². The number of nitrogens with zero attached hydrogens (tertiary/aromatic N) is 4. The molecule has 2 aromatic rings. The van der Waals surface area contributed by atoms with Crippen molar-refractivity contribution in [1.29, 1.82) is 0 Å². The second-order valence-electron chi connectivity index (χ2n) is 8.06. The first-order valence-electron chi connectivity index (χ1n) is 9.31. The number of hydrogen-bond acceptors (Lipinski definition) is 7. The topological polar surface area (TPSA) is 73.5 Å². The van der Waals surface area contributed by atoms with Gasteiger partial charge in [0, 0.05) is 24.6 Å². The quantitative estimate of drug-likeness (QED) is 0.813. The Labute approximate surface area is 153 Å². The minimum atomic E-state index is -0.190. The number of morpholine rings is 1. The van der Waals surface area contributed by atoms with Crippen molar-refractivity contribution in [2.45, 2.75) is 39.0 Å². The third kappa shape index (κ3) is 3.82. The lowest BCUT2D eigenvalue weighted by atomic mass is 9.97. The normalized spacial score (nSPS) is 18.2. The van der Waals surface area contributed by atoms with Crippen LogP contribution in [0, 0.1) is 5.92 Å². The maximum absolute atomic E-state index is 6.14. The van der Waals surface area contributed by atoms with Crippen LogP contribution < -0.4 is 9.64 Å². The maximum Gasteiger partial charge on any atom is 0.232 e. The Morgan fingerprint density at radius 1 is 1.23 bits per heavy atom. The molecule has 7 nitrogen and oxygen atoms in total. The van der Waals surface area contributed by atoms with Gasteiger partial charge in [-0.05, 0) is 18.8 Å². The van der Waals surface area contributed by atoms with E-state index in [2.05, 4.69) is 20.0 Å². The van der Waals surface area contributed by atoms with E-state index in [1.165, 1.54) is 12.8 Å². The largest absolute Gasteiger partial charge is 0.491 e. The van der Waals surface area contributed by atoms with Crippen LogP contribution in [0.15, 0.2) is 16.8 Å². The first-order chi connectivity index (χ1) is 12.5. The Morgan fingerprint density at radius 3 is 2.65 bits per heavy atom. The molecule has 0 N–H and O–H groups in total. The van der Waals surface area contributed by atoms with Crippen molar-refractivity contribution < 1.29 is 14.0 Å². The second-order valence-corrected chi connectivity index (χ2v) is 8.06. The lowest BCUT2D eigenvalue weighted by Gasteiger charge is -2.30. The van der Waals surface area contributed by atoms with Gasteiger partial charge in [0.05, 0.1) is 31.7 Å². The lowest BCUT2D eigenvalue weighted by Crippen LogP contribution is -2.36. The molecule has 7 heteroatoms. The highest BCUT2D eigenvalue weighted by Crippen LogP contribution is 2.35. The number of anilines is 1. The van der Waals surface area contributed by atoms with Crippen LogP contribution in [0.25, 0.3) is 11.5 Å². The highest BCUT2D eigenvalue weighted by molar-refractivity contribution is 5.64. The smallest absolute Gasteiger partial charge is 0.232 e. The van der Waals surface area contributed by atoms with Crippen LogP contribution in [-0.4, -0.2) is 48.0 Å². The molecule has 0 aromatic carbocycles. The minimum Gasteiger partial charge on any atom is -0.491 e. The monoisotopic (exact) mass is 358 g/mol. The molecule has 1 saturated heterocycles. The van der Waals surface area contributed by atoms with Crippen LogP contribution >= 0.6 is 0 Å². The van der Waals surface area contributed by atoms with Crippen molar-refractivity contribution in [2.75, 3.05) is 37.8 Å². The molecule has 0 bridgehead atoms. The van der Waals surface area contributed by atoms with E-state index in [4.69, 9.17) is 14.0 Å². The van der Waals surface area contributed by atoms with Gasteiger partial charge >= 0.3 is 0 Å². The number of hydrogen-bond donors (Lipinski definition) is 0. The number of aromatic nitrogens is 3. The predicted octanol–water partition coefficient (Wildman–Crippen LogP) is 3.05. The zero-order valence-electron chi connectivity index (χ0n) is 15.7. The summed E-state index contributed by atoms with van der Waals surface area (Å²) in [5.74, 6) is 2.62. The van der Waals surface area contributed by atoms with Crippen molar-refractivity contribution in [3.8, 4) is 17.3 Å². The predicted molar refractivity (Wildman–Crippen MR) is 97.5 cm³/mol. The molecule has 2 fully saturated rings. The van der Waals surface area contributed by atoms with E-state index >= 15 is 0 Å². The average molecular weight is 358 g/mol. The number of rotatable bonds is 5. The highest BCUT2D eigenvalue weighted by Gasteiger charge is 2.26. The van der Waals surface area contributed by atoms with E-state index in [0.29, 0.717) is 23.3 Å². The Hall–Kier alpha value is -2.15. The molecule has 26 heavy (non-hydrogen) atoms. The SMILES string of the molecule is CC(C)(C)c1nc(-c2cc(OCC3CC3)c(N3CCOCC3)cn2)no1. The molecule has 140 valence electrons. The van der Waals surface area contributed by atoms with Crippen LogP contribution in [0.1, 0.15) is 39.5 Å². The van der Waals surface area contributed by atoms with E-state index in [1.54, 1.807) is 0 Å². The van der Waals surface area contributed by atoms with Crippen LogP contribution in [-0.2, 0) is 10.2 Å². The Balaban J connectivity index is 1.62. The summed E-state index contributed by atoms with van der Waals surface area (Å²) in [5.41, 5.74) is 1.49. The van der Waals surface area contributed by atoms with Crippen LogP contribution in [0.4, 0.5) is 5.69 Å². The van der Waals surface area contributed by atoms with Crippen molar-refractivity contribution in [1.82, 2.24) is 15.1 Å². The molecule has 3 heterocycles. The molecular formula is C19H26N4O3. The first kappa shape index (κ1) is 17.3. The summed E-state index contributed by atoms with van der Waals surface area (Å²) in [4.78, 5) is 11.4. The molecule has 1 aliphatic carbocycles. The molecule has 2 aliphatic rings. The van der Waals surface area contributed by atoms with E-state index < -0.39 is 0 Å². The molecule has 0 atom stereocenters. The van der Waals surface area contributed by atoms with Crippen molar-refractivity contribution in [2.24, 2.45) is 5.92 Å². The van der Waals surface area contributed by atoms with Crippen LogP contribution in [0.5, 0.6) is 5.75 Å². The number of pyridine rings is 1. The van der Waals surface area contributed by atoms with Gasteiger partial charge in [-0.3, -0.25) is 4.98 Å². The fourth-order valence-electron chi connectivity index (χ4n) is 2.83. The van der Waals surface area contributed by atoms with Gasteiger partial charge in [0.2, 0.25) is 11.7 Å². The maximum atomic E-state index is 6.14. The Bertz CT molecular complexity index is 758. The van der Waals surface area contributed by atoms with Crippen molar-refractivity contribution >= 4 is 5.69 Å². The summed E-state index contributed by atoms with van der Waals surface area (Å²) in [6.45, 7) is 10.0. The molecular weight excluding hydrogens is 332 g/mol. The summed E-state index contributed by atoms with van der Waals surface area (Å²) in [6, 6.07) is 1.93. The van der Waals surface area contributed by atoms with Gasteiger partial charge < -0.3 is 18.9 Å². The van der Waals surface area contributed by atoms with Crippen molar-refractivity contribution in [3.63, 3.8) is 0 Å². The van der Waals surface area contributed by atoms with E-state index in [9.17, 15) is 0 Å². The molecule has 0 amide bonds. The van der Waals surface area contributed by atoms with Gasteiger partial charge in [0.25, 0.3) is 0 Å². The molecule has 0 spiro atoms. The average Bonchev–Trinajstić information content (AvgIpc) is 3.32. The third-order valence-corrected chi connectivity index (χ3v) is 4.67. The van der Waals surface area contributed by atoms with Crippen LogP contribution in [0.2, 0.25) is 0 Å². The summed E-state index contributed by atoms with van der Waals surface area (Å²) in [7, 11) is 0. The lowest BCUT2D eigenvalue weighted by molar-refractivity contribution is 0.122. The zero-order valence-corrected chi connectivity index (χ0v) is 15.7. The molecule has 4 rings (SSSR count). The number of ether oxygens (including phenoxy) is 2. The highest BCUT2D eigenvalue weighted by atomic mass is 16.5. The van der Waals surface area contributed by atoms with E-state index in [0.717, 1.165) is 44.3 Å². The van der Waals surface area contributed by atoms with Gasteiger partial charge in [-0.2, -0.15) is 4.98 Å². The Kier molecular flexibility index (Phi) is 4.56. The van der Waals surface area contributed by atoms with Crippen LogP contribution in [0.3, 0.4) is 0 Å². The summed E-state index contributed by atoms with van der Waals surface area (Å²) in [5, 5.41) is 4.11. The summed E-state index contributed by atoms with van der Waals surface area (Å²) in [6.07, 6.45) is 4.37. The zero-order chi connectivity index (χ0) is 18.1. The standard InChI is InChI=1S/C19H26N4O3/c1-19(2,3)18-21-17(22-26-18)14-10-16(25-12-13-4-5-13)15(11-20-14)23-6-8-24-9-7-23/h10-11,13H,4-9,12H2,1-3H3. The van der Waals surface area contributed by atoms with Gasteiger partial charge in [-0.25, -0.2) is 0 Å². The van der Waals surface area contributed by atoms with E-state index in [1.807, 2.05) is 33.0 Å².